The van der Waals surface area contributed by atoms with Crippen molar-refractivity contribution in [1.82, 2.24) is 36.2 Å². The Morgan fingerprint density at radius 3 is 1.70 bits per heavy atom. The molecule has 0 bridgehead atoms. The van der Waals surface area contributed by atoms with Gasteiger partial charge in [0.25, 0.3) is 0 Å². The van der Waals surface area contributed by atoms with Crippen LogP contribution >= 0.6 is 0 Å². The highest BCUT2D eigenvalue weighted by molar-refractivity contribution is 5.96. The lowest BCUT2D eigenvalue weighted by molar-refractivity contribution is -0.156. The molecule has 15 nitrogen and oxygen atoms in total. The number of ether oxygens (including phenoxy) is 3. The average molecular weight is 980 g/mol. The van der Waals surface area contributed by atoms with E-state index >= 15 is 0 Å². The molecule has 0 aliphatic carbocycles. The van der Waals surface area contributed by atoms with Crippen molar-refractivity contribution in [3.05, 3.63) is 179 Å². The van der Waals surface area contributed by atoms with Crippen LogP contribution in [-0.2, 0) is 47.2 Å². The van der Waals surface area contributed by atoms with Crippen LogP contribution in [0.3, 0.4) is 0 Å². The number of halogens is 4. The van der Waals surface area contributed by atoms with Gasteiger partial charge in [0, 0.05) is 12.5 Å². The summed E-state index contributed by atoms with van der Waals surface area (Å²) in [6.45, 7) is 6.38. The van der Waals surface area contributed by atoms with E-state index in [1.54, 1.807) is 69.6 Å². The zero-order valence-corrected chi connectivity index (χ0v) is 39.5. The van der Waals surface area contributed by atoms with Crippen LogP contribution in [-0.4, -0.2) is 80.2 Å². The second-order valence-electron chi connectivity index (χ2n) is 17.7. The molecule has 0 radical (unpaired) electrons. The molecule has 0 spiro atoms. The molecule has 1 aromatic heterocycles. The van der Waals surface area contributed by atoms with Crippen LogP contribution in [0.2, 0.25) is 0 Å². The van der Waals surface area contributed by atoms with Gasteiger partial charge in [-0.2, -0.15) is 8.78 Å². The summed E-state index contributed by atoms with van der Waals surface area (Å²) in [6.07, 6.45) is -1.98. The van der Waals surface area contributed by atoms with Gasteiger partial charge >= 0.3 is 12.1 Å². The van der Waals surface area contributed by atoms with Crippen LogP contribution < -0.4 is 20.7 Å². The summed E-state index contributed by atoms with van der Waals surface area (Å²) in [6, 6.07) is 32.8. The molecule has 0 unspecified atom stereocenters. The first-order chi connectivity index (χ1) is 33.9. The van der Waals surface area contributed by atoms with Gasteiger partial charge in [-0.15, -0.1) is 5.10 Å². The van der Waals surface area contributed by atoms with Crippen LogP contribution in [0.4, 0.5) is 22.4 Å². The van der Waals surface area contributed by atoms with Crippen LogP contribution in [0.25, 0.3) is 0 Å². The minimum absolute atomic E-state index is 0.0281. The van der Waals surface area contributed by atoms with E-state index < -0.39 is 107 Å². The molecule has 3 atom stereocenters. The van der Waals surface area contributed by atoms with E-state index in [1.807, 2.05) is 91.0 Å². The number of aromatic nitrogens is 4. The third-order valence-corrected chi connectivity index (χ3v) is 11.1. The van der Waals surface area contributed by atoms with Crippen LogP contribution in [0, 0.1) is 29.2 Å². The van der Waals surface area contributed by atoms with Gasteiger partial charge in [-0.1, -0.05) is 135 Å². The lowest BCUT2D eigenvalue weighted by Gasteiger charge is -2.36. The number of nitrogens with zero attached hydrogens (tertiary/aromatic N) is 4. The van der Waals surface area contributed by atoms with Crippen LogP contribution in [0.15, 0.2) is 127 Å². The van der Waals surface area contributed by atoms with Crippen molar-refractivity contribution < 1.29 is 55.7 Å². The van der Waals surface area contributed by atoms with E-state index in [4.69, 9.17) is 14.2 Å². The lowest BCUT2D eigenvalue weighted by Crippen LogP contribution is -2.58. The van der Waals surface area contributed by atoms with Gasteiger partial charge in [0.15, 0.2) is 29.0 Å². The monoisotopic (exact) mass is 979 g/mol. The number of carbonyl (C=O) groups excluding carboxylic acids is 5. The molecular formula is C52H53F4N7O8. The normalized spacial score (nSPS) is 12.8. The maximum atomic E-state index is 14.5. The predicted octanol–water partition coefficient (Wildman–Crippen LogP) is 7.30. The Morgan fingerprint density at radius 1 is 0.676 bits per heavy atom. The Morgan fingerprint density at radius 2 is 1.20 bits per heavy atom. The quantitative estimate of drug-likeness (QED) is 0.0284. The Bertz CT molecular complexity index is 2660. The van der Waals surface area contributed by atoms with Crippen molar-refractivity contribution in [2.45, 2.75) is 89.8 Å². The van der Waals surface area contributed by atoms with E-state index in [0.717, 1.165) is 16.7 Å². The number of hydrogen-bond acceptors (Lipinski definition) is 11. The zero-order valence-electron chi connectivity index (χ0n) is 39.5. The van der Waals surface area contributed by atoms with Gasteiger partial charge in [-0.05, 0) is 65.8 Å². The number of hydrogen-bond donors (Lipinski definition) is 3. The first-order valence-corrected chi connectivity index (χ1v) is 22.6. The lowest BCUT2D eigenvalue weighted by atomic mass is 9.77. The molecule has 71 heavy (non-hydrogen) atoms. The van der Waals surface area contributed by atoms with Crippen molar-refractivity contribution in [2.24, 2.45) is 5.92 Å². The number of alkyl carbamates (subject to hydrolysis) is 1. The number of carbonyl (C=O) groups is 5. The third-order valence-electron chi connectivity index (χ3n) is 11.1. The van der Waals surface area contributed by atoms with E-state index in [-0.39, 0.29) is 25.5 Å². The molecule has 372 valence electrons. The molecule has 5 aromatic carbocycles. The molecule has 0 saturated carbocycles. The Hall–Kier alpha value is -7.96. The van der Waals surface area contributed by atoms with Gasteiger partial charge in [-0.25, -0.2) is 18.3 Å². The highest BCUT2D eigenvalue weighted by Gasteiger charge is 2.42. The van der Waals surface area contributed by atoms with Crippen LogP contribution in [0.5, 0.6) is 5.75 Å². The van der Waals surface area contributed by atoms with E-state index in [2.05, 4.69) is 31.5 Å². The first-order valence-electron chi connectivity index (χ1n) is 22.6. The fourth-order valence-electron chi connectivity index (χ4n) is 7.74. The summed E-state index contributed by atoms with van der Waals surface area (Å²) < 4.78 is 74.2. The fraction of sp³-hybridized carbons (Fsp3) is 0.308. The SMILES string of the molecule is CC(C)[C@H](NC(=O)[C@H](CCc1nnnn1C(c1ccccc1)(c1ccccc1)c1ccccc1)NC(=O)OCc1ccccc1)C(=O)N[C@@H](CC(=O)OC(C)(C)C)C(=O)COc1c(F)c(F)cc(F)c1F. The summed E-state index contributed by atoms with van der Waals surface area (Å²) in [4.78, 5) is 68.7. The fourth-order valence-corrected chi connectivity index (χ4v) is 7.74. The topological polar surface area (TPSA) is 193 Å². The van der Waals surface area contributed by atoms with Gasteiger partial charge in [0.05, 0.1) is 6.42 Å². The van der Waals surface area contributed by atoms with Crippen molar-refractivity contribution in [3.8, 4) is 5.75 Å². The smallest absolute Gasteiger partial charge is 0.408 e. The van der Waals surface area contributed by atoms with E-state index in [0.29, 0.717) is 11.4 Å². The summed E-state index contributed by atoms with van der Waals surface area (Å²) in [5.74, 6) is -13.4. The van der Waals surface area contributed by atoms with Gasteiger partial charge in [0.1, 0.15) is 42.5 Å². The highest BCUT2D eigenvalue weighted by atomic mass is 19.2. The van der Waals surface area contributed by atoms with E-state index in [1.165, 1.54) is 0 Å². The molecule has 19 heteroatoms. The Balaban J connectivity index is 1.29. The number of rotatable bonds is 21. The van der Waals surface area contributed by atoms with E-state index in [9.17, 15) is 41.5 Å². The number of Topliss-reactive ketones (excluding diaryl/α,β-unsaturated/α-hetero) is 1. The summed E-state index contributed by atoms with van der Waals surface area (Å²) >= 11 is 0. The van der Waals surface area contributed by atoms with Gasteiger partial charge in [0.2, 0.25) is 23.4 Å². The minimum Gasteiger partial charge on any atom is -0.479 e. The van der Waals surface area contributed by atoms with Crippen molar-refractivity contribution in [1.29, 1.82) is 0 Å². The standard InChI is InChI=1S/C52H53F4N7O8/c1-32(2)46(49(67)57-40(29-43(65)71-51(3,4)5)41(64)31-69-47-44(55)37(53)28-38(54)45(47)56)59-48(66)39(58-50(68)70-30-33-18-10-6-11-19-33)26-27-42-60-61-62-63(42)52(34-20-12-7-13-21-34,35-22-14-8-15-23-35)36-24-16-9-17-25-36/h6-25,28,32,39-40,46H,26-27,29-31H2,1-5H3,(H,57,67)(H,58,68)(H,59,66)/t39-,40-,46-/m0/s1. The summed E-state index contributed by atoms with van der Waals surface area (Å²) in [5, 5.41) is 20.7. The maximum absolute atomic E-state index is 14.5. The number of esters is 1. The van der Waals surface area contributed by atoms with Gasteiger partial charge in [-0.3, -0.25) is 19.2 Å². The second-order valence-corrected chi connectivity index (χ2v) is 17.7. The Labute approximate surface area is 407 Å². The number of ketones is 1. The predicted molar refractivity (Wildman–Crippen MR) is 250 cm³/mol. The number of amides is 3. The first kappa shape index (κ1) is 52.4. The molecule has 0 fully saturated rings. The average Bonchev–Trinajstić information content (AvgIpc) is 3.82. The van der Waals surface area contributed by atoms with Crippen molar-refractivity contribution >= 4 is 29.7 Å². The molecule has 0 aliphatic heterocycles. The number of aryl methyl sites for hydroxylation is 1. The minimum atomic E-state index is -1.92. The molecular weight excluding hydrogens is 927 g/mol. The third kappa shape index (κ3) is 13.2. The molecule has 1 heterocycles. The molecule has 0 aliphatic rings. The molecule has 3 amide bonds. The highest BCUT2D eigenvalue weighted by Crippen LogP contribution is 2.41. The van der Waals surface area contributed by atoms with Gasteiger partial charge < -0.3 is 30.2 Å². The second kappa shape index (κ2) is 23.6. The van der Waals surface area contributed by atoms with Crippen molar-refractivity contribution in [3.63, 3.8) is 0 Å². The number of nitrogens with one attached hydrogen (secondary N) is 3. The van der Waals surface area contributed by atoms with Crippen molar-refractivity contribution in [2.75, 3.05) is 6.61 Å². The molecule has 6 aromatic rings. The molecule has 6 rings (SSSR count). The number of benzene rings is 5. The summed E-state index contributed by atoms with van der Waals surface area (Å²) in [7, 11) is 0. The molecule has 0 saturated heterocycles. The summed E-state index contributed by atoms with van der Waals surface area (Å²) in [5.41, 5.74) is 0.905. The largest absolute Gasteiger partial charge is 0.479 e. The number of tetrazole rings is 1. The van der Waals surface area contributed by atoms with Crippen LogP contribution in [0.1, 0.15) is 75.5 Å². The molecule has 3 N–H and O–H groups in total. The maximum Gasteiger partial charge on any atom is 0.408 e. The zero-order chi connectivity index (χ0) is 51.3. The Kier molecular flexibility index (Phi) is 17.4.